The van der Waals surface area contributed by atoms with Crippen molar-refractivity contribution in [3.63, 3.8) is 0 Å². The quantitative estimate of drug-likeness (QED) is 0.613. The molecular formula is C25H33N7O. The molecule has 2 aromatic heterocycles. The van der Waals surface area contributed by atoms with Crippen molar-refractivity contribution in [2.24, 2.45) is 5.92 Å². The minimum atomic E-state index is 0.104. The van der Waals surface area contributed by atoms with Crippen molar-refractivity contribution >= 4 is 22.6 Å². The average Bonchev–Trinajstić information content (AvgIpc) is 3.22. The number of hydrogen-bond donors (Lipinski definition) is 0. The van der Waals surface area contributed by atoms with E-state index in [2.05, 4.69) is 50.9 Å². The summed E-state index contributed by atoms with van der Waals surface area (Å²) in [7, 11) is 0. The molecule has 1 aromatic carbocycles. The molecule has 2 fully saturated rings. The van der Waals surface area contributed by atoms with Gasteiger partial charge in [-0.2, -0.15) is 10.2 Å². The first-order valence-electron chi connectivity index (χ1n) is 12.1. The molecule has 8 heteroatoms. The third kappa shape index (κ3) is 4.08. The second-order valence-corrected chi connectivity index (χ2v) is 9.19. The minimum absolute atomic E-state index is 0.104. The number of para-hydroxylation sites is 1. The predicted molar refractivity (Wildman–Crippen MR) is 130 cm³/mol. The Morgan fingerprint density at radius 3 is 2.33 bits per heavy atom. The highest BCUT2D eigenvalue weighted by Gasteiger charge is 2.32. The van der Waals surface area contributed by atoms with E-state index in [1.165, 1.54) is 0 Å². The first-order valence-corrected chi connectivity index (χ1v) is 12.1. The Bertz CT molecular complexity index is 1130. The molecular weight excluding hydrogens is 414 g/mol. The minimum Gasteiger partial charge on any atom is -0.353 e. The van der Waals surface area contributed by atoms with Gasteiger partial charge in [-0.1, -0.05) is 25.1 Å². The summed E-state index contributed by atoms with van der Waals surface area (Å²) in [5, 5.41) is 15.0. The number of aromatic nitrogens is 4. The molecule has 0 N–H and O–H groups in total. The number of amides is 1. The van der Waals surface area contributed by atoms with Gasteiger partial charge in [-0.05, 0) is 45.4 Å². The molecule has 174 valence electrons. The summed E-state index contributed by atoms with van der Waals surface area (Å²) in [5.74, 6) is 1.26. The van der Waals surface area contributed by atoms with Crippen LogP contribution in [0.5, 0.6) is 0 Å². The van der Waals surface area contributed by atoms with Gasteiger partial charge in [0.05, 0.1) is 22.5 Å². The number of likely N-dealkylation sites (N-methyl/N-ethyl adjacent to an activating group) is 1. The fourth-order valence-electron chi connectivity index (χ4n) is 5.23. The Morgan fingerprint density at radius 1 is 0.970 bits per heavy atom. The molecule has 0 spiro atoms. The van der Waals surface area contributed by atoms with Crippen LogP contribution in [-0.4, -0.2) is 81.5 Å². The maximum Gasteiger partial charge on any atom is 0.225 e. The Kier molecular flexibility index (Phi) is 6.01. The third-order valence-corrected chi connectivity index (χ3v) is 7.26. The Labute approximate surface area is 195 Å². The Morgan fingerprint density at radius 2 is 1.67 bits per heavy atom. The normalized spacial score (nSPS) is 18.3. The average molecular weight is 448 g/mol. The van der Waals surface area contributed by atoms with Crippen LogP contribution in [0, 0.1) is 19.8 Å². The summed E-state index contributed by atoms with van der Waals surface area (Å²) in [4.78, 5) is 19.8. The van der Waals surface area contributed by atoms with Crippen molar-refractivity contribution in [3.05, 3.63) is 41.7 Å². The number of aryl methyl sites for hydroxylation is 2. The maximum absolute atomic E-state index is 13.1. The van der Waals surface area contributed by atoms with Crippen LogP contribution in [0.3, 0.4) is 0 Å². The maximum atomic E-state index is 13.1. The number of piperidine rings is 1. The van der Waals surface area contributed by atoms with Crippen LogP contribution in [0.1, 0.15) is 31.2 Å². The van der Waals surface area contributed by atoms with Crippen molar-refractivity contribution in [1.29, 1.82) is 0 Å². The van der Waals surface area contributed by atoms with Crippen LogP contribution in [0.2, 0.25) is 0 Å². The zero-order chi connectivity index (χ0) is 22.9. The van der Waals surface area contributed by atoms with Crippen molar-refractivity contribution in [1.82, 2.24) is 29.8 Å². The molecule has 2 aliphatic rings. The van der Waals surface area contributed by atoms with Gasteiger partial charge in [0.1, 0.15) is 5.52 Å². The number of fused-ring (bicyclic) bond motifs is 1. The number of rotatable bonds is 4. The molecule has 5 rings (SSSR count). The molecule has 0 unspecified atom stereocenters. The number of carbonyl (C=O) groups is 1. The van der Waals surface area contributed by atoms with Crippen LogP contribution in [0.4, 0.5) is 5.82 Å². The fraction of sp³-hybridized carbons (Fsp3) is 0.520. The van der Waals surface area contributed by atoms with Crippen LogP contribution in [0.15, 0.2) is 30.3 Å². The van der Waals surface area contributed by atoms with E-state index < -0.39 is 0 Å². The highest BCUT2D eigenvalue weighted by Crippen LogP contribution is 2.32. The molecule has 0 atom stereocenters. The van der Waals surface area contributed by atoms with Gasteiger partial charge in [0.2, 0.25) is 5.91 Å². The predicted octanol–water partition coefficient (Wildman–Crippen LogP) is 2.81. The van der Waals surface area contributed by atoms with Gasteiger partial charge in [-0.25, -0.2) is 4.68 Å². The lowest BCUT2D eigenvalue weighted by molar-refractivity contribution is -0.137. The number of carbonyl (C=O) groups excluding carboxylic acids is 1. The van der Waals surface area contributed by atoms with Crippen LogP contribution < -0.4 is 4.90 Å². The SMILES string of the molecule is CCN1CCN(C(=O)C2CCN(c3nnc(C)c4c(C)n(-c5ccccc5)nc34)CC2)CC1. The number of piperazine rings is 1. The van der Waals surface area contributed by atoms with E-state index in [0.717, 1.165) is 92.5 Å². The molecule has 0 saturated carbocycles. The van der Waals surface area contributed by atoms with E-state index in [9.17, 15) is 4.79 Å². The van der Waals surface area contributed by atoms with Gasteiger partial charge >= 0.3 is 0 Å². The lowest BCUT2D eigenvalue weighted by Crippen LogP contribution is -2.51. The summed E-state index contributed by atoms with van der Waals surface area (Å²) >= 11 is 0. The molecule has 8 nitrogen and oxygen atoms in total. The number of hydrogen-bond acceptors (Lipinski definition) is 6. The highest BCUT2D eigenvalue weighted by molar-refractivity contribution is 5.92. The van der Waals surface area contributed by atoms with Crippen LogP contribution in [0.25, 0.3) is 16.6 Å². The van der Waals surface area contributed by atoms with Crippen LogP contribution >= 0.6 is 0 Å². The smallest absolute Gasteiger partial charge is 0.225 e. The molecule has 2 saturated heterocycles. The standard InChI is InChI=1S/C25H33N7O/c1-4-29-14-16-31(17-15-29)25(33)20-10-12-30(13-11-20)24-23-22(18(2)26-27-24)19(3)32(28-23)21-8-6-5-7-9-21/h5-9,20H,4,10-17H2,1-3H3. The number of anilines is 1. The highest BCUT2D eigenvalue weighted by atomic mass is 16.2. The van der Waals surface area contributed by atoms with Crippen molar-refractivity contribution in [2.45, 2.75) is 33.6 Å². The molecule has 4 heterocycles. The summed E-state index contributed by atoms with van der Waals surface area (Å²) in [6, 6.07) is 10.2. The number of benzene rings is 1. The van der Waals surface area contributed by atoms with Gasteiger partial charge < -0.3 is 14.7 Å². The summed E-state index contributed by atoms with van der Waals surface area (Å²) in [6.45, 7) is 12.6. The molecule has 0 aliphatic carbocycles. The summed E-state index contributed by atoms with van der Waals surface area (Å²) in [6.07, 6.45) is 1.70. The van der Waals surface area contributed by atoms with Gasteiger partial charge in [0, 0.05) is 45.2 Å². The lowest BCUT2D eigenvalue weighted by atomic mass is 9.95. The summed E-state index contributed by atoms with van der Waals surface area (Å²) < 4.78 is 1.98. The monoisotopic (exact) mass is 447 g/mol. The zero-order valence-corrected chi connectivity index (χ0v) is 19.9. The van der Waals surface area contributed by atoms with E-state index in [0.29, 0.717) is 5.91 Å². The lowest BCUT2D eigenvalue weighted by Gasteiger charge is -2.38. The van der Waals surface area contributed by atoms with Crippen LogP contribution in [-0.2, 0) is 4.79 Å². The summed E-state index contributed by atoms with van der Waals surface area (Å²) in [5.41, 5.74) is 3.89. The molecule has 33 heavy (non-hydrogen) atoms. The van der Waals surface area contributed by atoms with Gasteiger partial charge in [-0.3, -0.25) is 4.79 Å². The molecule has 2 aliphatic heterocycles. The third-order valence-electron chi connectivity index (χ3n) is 7.26. The largest absolute Gasteiger partial charge is 0.353 e. The molecule has 1 amide bonds. The zero-order valence-electron chi connectivity index (χ0n) is 19.9. The van der Waals surface area contributed by atoms with E-state index >= 15 is 0 Å². The van der Waals surface area contributed by atoms with E-state index in [1.807, 2.05) is 29.8 Å². The fourth-order valence-corrected chi connectivity index (χ4v) is 5.23. The van der Waals surface area contributed by atoms with Crippen molar-refractivity contribution < 1.29 is 4.79 Å². The van der Waals surface area contributed by atoms with Gasteiger partial charge in [0.15, 0.2) is 5.82 Å². The number of nitrogens with zero attached hydrogens (tertiary/aromatic N) is 7. The van der Waals surface area contributed by atoms with Crippen molar-refractivity contribution in [3.8, 4) is 5.69 Å². The Balaban J connectivity index is 1.34. The molecule has 0 bridgehead atoms. The van der Waals surface area contributed by atoms with Gasteiger partial charge in [0.25, 0.3) is 0 Å². The Hall–Kier alpha value is -3.00. The van der Waals surface area contributed by atoms with E-state index in [4.69, 9.17) is 5.10 Å². The topological polar surface area (TPSA) is 70.4 Å². The second kappa shape index (κ2) is 9.09. The van der Waals surface area contributed by atoms with Crippen molar-refractivity contribution in [2.75, 3.05) is 50.7 Å². The first-order chi connectivity index (χ1) is 16.1. The van der Waals surface area contributed by atoms with Gasteiger partial charge in [-0.15, -0.1) is 5.10 Å². The molecule has 0 radical (unpaired) electrons. The first kappa shape index (κ1) is 21.8. The second-order valence-electron chi connectivity index (χ2n) is 9.19. The van der Waals surface area contributed by atoms with E-state index in [-0.39, 0.29) is 5.92 Å². The molecule has 3 aromatic rings. The van der Waals surface area contributed by atoms with E-state index in [1.54, 1.807) is 0 Å².